The molecule has 0 saturated carbocycles. The number of rotatable bonds is 9. The maximum atomic E-state index is 11.6. The van der Waals surface area contributed by atoms with E-state index in [-0.39, 0.29) is 11.7 Å². The molecule has 4 heterocycles. The summed E-state index contributed by atoms with van der Waals surface area (Å²) in [7, 11) is 0. The lowest BCUT2D eigenvalue weighted by Crippen LogP contribution is -2.36. The van der Waals surface area contributed by atoms with E-state index in [2.05, 4.69) is 33.2 Å². The molecule has 9 heteroatoms. The van der Waals surface area contributed by atoms with Gasteiger partial charge in [0.05, 0.1) is 41.8 Å². The minimum absolute atomic E-state index is 0.159. The first kappa shape index (κ1) is 24.6. The van der Waals surface area contributed by atoms with Crippen LogP contribution in [0.2, 0.25) is 0 Å². The van der Waals surface area contributed by atoms with Crippen LogP contribution in [0.4, 0.5) is 0 Å². The predicted octanol–water partition coefficient (Wildman–Crippen LogP) is 4.44. The quantitative estimate of drug-likeness (QED) is 0.352. The second-order valence-corrected chi connectivity index (χ2v) is 10.3. The number of benzene rings is 2. The normalized spacial score (nSPS) is 18.5. The minimum atomic E-state index is -0.925. The Morgan fingerprint density at radius 2 is 1.89 bits per heavy atom. The molecule has 0 aliphatic carbocycles. The third kappa shape index (κ3) is 5.16. The van der Waals surface area contributed by atoms with Crippen molar-refractivity contribution < 1.29 is 19.4 Å². The summed E-state index contributed by atoms with van der Waals surface area (Å²) in [5.41, 5.74) is 4.21. The molecular weight excluding hydrogens is 482 g/mol. The highest BCUT2D eigenvalue weighted by atomic mass is 16.5. The molecule has 2 aromatic carbocycles. The van der Waals surface area contributed by atoms with Gasteiger partial charge < -0.3 is 19.1 Å². The van der Waals surface area contributed by atoms with Crippen molar-refractivity contribution >= 4 is 17.0 Å². The zero-order chi connectivity index (χ0) is 26.1. The Morgan fingerprint density at radius 3 is 2.61 bits per heavy atom. The van der Waals surface area contributed by atoms with Gasteiger partial charge in [-0.1, -0.05) is 30.3 Å². The van der Waals surface area contributed by atoms with E-state index in [4.69, 9.17) is 19.6 Å². The van der Waals surface area contributed by atoms with Crippen LogP contribution in [-0.2, 0) is 24.4 Å². The third-order valence-electron chi connectivity index (χ3n) is 7.65. The van der Waals surface area contributed by atoms with Gasteiger partial charge in [0, 0.05) is 31.5 Å². The molecule has 0 radical (unpaired) electrons. The molecule has 1 N–H and O–H groups in total. The van der Waals surface area contributed by atoms with Crippen molar-refractivity contribution in [3.8, 4) is 5.88 Å². The van der Waals surface area contributed by atoms with E-state index in [9.17, 15) is 9.90 Å². The number of hydrogen-bond donors (Lipinski definition) is 1. The van der Waals surface area contributed by atoms with E-state index in [1.165, 1.54) is 0 Å². The van der Waals surface area contributed by atoms with Gasteiger partial charge in [-0.2, -0.15) is 0 Å². The molecule has 0 amide bonds. The summed E-state index contributed by atoms with van der Waals surface area (Å²) in [4.78, 5) is 18.9. The summed E-state index contributed by atoms with van der Waals surface area (Å²) < 4.78 is 15.9. The average Bonchev–Trinajstić information content (AvgIpc) is 3.44. The van der Waals surface area contributed by atoms with Gasteiger partial charge in [0.1, 0.15) is 12.4 Å². The Bertz CT molecular complexity index is 1420. The Balaban J connectivity index is 1.12. The summed E-state index contributed by atoms with van der Waals surface area (Å²) in [6.45, 7) is 6.68. The van der Waals surface area contributed by atoms with Crippen molar-refractivity contribution in [2.75, 3.05) is 19.7 Å². The predicted molar refractivity (Wildman–Crippen MR) is 142 cm³/mol. The number of likely N-dealkylation sites (tertiary alicyclic amines) is 1. The molecule has 1 unspecified atom stereocenters. The number of fused-ring (bicyclic) bond motifs is 1. The van der Waals surface area contributed by atoms with Crippen LogP contribution in [0.5, 0.6) is 5.88 Å². The van der Waals surface area contributed by atoms with Gasteiger partial charge in [0.2, 0.25) is 5.88 Å². The number of piperidine rings is 1. The van der Waals surface area contributed by atoms with E-state index in [0.717, 1.165) is 73.6 Å². The largest absolute Gasteiger partial charge is 0.478 e. The van der Waals surface area contributed by atoms with Crippen LogP contribution >= 0.6 is 0 Å². The van der Waals surface area contributed by atoms with E-state index in [0.29, 0.717) is 25.1 Å². The molecule has 2 aliphatic rings. The molecule has 0 spiro atoms. The molecule has 2 fully saturated rings. The van der Waals surface area contributed by atoms with Crippen molar-refractivity contribution in [2.45, 2.75) is 58.0 Å². The van der Waals surface area contributed by atoms with Crippen LogP contribution < -0.4 is 4.74 Å². The smallest absolute Gasteiger partial charge is 0.335 e. The Labute approximate surface area is 221 Å². The second kappa shape index (κ2) is 10.6. The molecule has 0 bridgehead atoms. The van der Waals surface area contributed by atoms with Crippen LogP contribution in [0.1, 0.15) is 52.7 Å². The SMILES string of the molecule is Cc1cc(OCc2ccccc2)nn1C1CCN(Cc2nc3ccc(C(=O)O)cc3n2CC2CCO2)CC1. The van der Waals surface area contributed by atoms with Crippen molar-refractivity contribution in [1.82, 2.24) is 24.2 Å². The highest BCUT2D eigenvalue weighted by Gasteiger charge is 2.26. The molecule has 198 valence electrons. The van der Waals surface area contributed by atoms with Crippen LogP contribution in [0.3, 0.4) is 0 Å². The molecule has 38 heavy (non-hydrogen) atoms. The first-order valence-electron chi connectivity index (χ1n) is 13.3. The minimum Gasteiger partial charge on any atom is -0.478 e. The van der Waals surface area contributed by atoms with E-state index in [1.807, 2.05) is 30.3 Å². The number of nitrogens with zero attached hydrogens (tertiary/aromatic N) is 5. The second-order valence-electron chi connectivity index (χ2n) is 10.3. The molecule has 4 aromatic rings. The number of carboxylic acids is 1. The average molecular weight is 516 g/mol. The zero-order valence-electron chi connectivity index (χ0n) is 21.6. The number of carbonyl (C=O) groups is 1. The van der Waals surface area contributed by atoms with Gasteiger partial charge in [-0.25, -0.2) is 9.78 Å². The molecule has 6 rings (SSSR count). The zero-order valence-corrected chi connectivity index (χ0v) is 21.6. The first-order chi connectivity index (χ1) is 18.5. The molecule has 2 aliphatic heterocycles. The lowest BCUT2D eigenvalue weighted by Gasteiger charge is -2.33. The van der Waals surface area contributed by atoms with E-state index in [1.54, 1.807) is 12.1 Å². The first-order valence-corrected chi connectivity index (χ1v) is 13.3. The van der Waals surface area contributed by atoms with Crippen molar-refractivity contribution in [2.24, 2.45) is 0 Å². The lowest BCUT2D eigenvalue weighted by molar-refractivity contribution is -0.0592. The molecular formula is C29H33N5O4. The maximum Gasteiger partial charge on any atom is 0.335 e. The molecule has 2 aromatic heterocycles. The van der Waals surface area contributed by atoms with Crippen molar-refractivity contribution in [3.05, 3.63) is 77.2 Å². The summed E-state index contributed by atoms with van der Waals surface area (Å²) >= 11 is 0. The number of ether oxygens (including phenoxy) is 2. The Kier molecular flexibility index (Phi) is 6.86. The van der Waals surface area contributed by atoms with E-state index >= 15 is 0 Å². The Morgan fingerprint density at radius 1 is 1.11 bits per heavy atom. The summed E-state index contributed by atoms with van der Waals surface area (Å²) in [6.07, 6.45) is 3.17. The topological polar surface area (TPSA) is 94.6 Å². The lowest BCUT2D eigenvalue weighted by atomic mass is 10.0. The number of imidazole rings is 1. The highest BCUT2D eigenvalue weighted by molar-refractivity contribution is 5.92. The van der Waals surface area contributed by atoms with Crippen molar-refractivity contribution in [1.29, 1.82) is 0 Å². The maximum absolute atomic E-state index is 11.6. The fraction of sp³-hybridized carbons (Fsp3) is 0.414. The molecule has 9 nitrogen and oxygen atoms in total. The third-order valence-corrected chi connectivity index (χ3v) is 7.65. The van der Waals surface area contributed by atoms with Gasteiger partial charge in [-0.15, -0.1) is 5.10 Å². The van der Waals surface area contributed by atoms with Gasteiger partial charge in [-0.3, -0.25) is 9.58 Å². The van der Waals surface area contributed by atoms with Crippen LogP contribution in [0.15, 0.2) is 54.6 Å². The fourth-order valence-electron chi connectivity index (χ4n) is 5.41. The fourth-order valence-corrected chi connectivity index (χ4v) is 5.41. The van der Waals surface area contributed by atoms with Gasteiger partial charge in [0.15, 0.2) is 0 Å². The van der Waals surface area contributed by atoms with Crippen LogP contribution in [0.25, 0.3) is 11.0 Å². The van der Waals surface area contributed by atoms with Crippen LogP contribution in [0, 0.1) is 6.92 Å². The summed E-state index contributed by atoms with van der Waals surface area (Å²) in [5, 5.41) is 14.3. The van der Waals surface area contributed by atoms with Gasteiger partial charge >= 0.3 is 5.97 Å². The number of aromatic nitrogens is 4. The number of carboxylic acid groups (broad SMARTS) is 1. The number of aromatic carboxylic acids is 1. The number of hydrogen-bond acceptors (Lipinski definition) is 6. The number of aryl methyl sites for hydroxylation is 1. The summed E-state index contributed by atoms with van der Waals surface area (Å²) in [6, 6.07) is 17.7. The molecule has 1 atom stereocenters. The van der Waals surface area contributed by atoms with Crippen molar-refractivity contribution in [3.63, 3.8) is 0 Å². The highest BCUT2D eigenvalue weighted by Crippen LogP contribution is 2.28. The Hall–Kier alpha value is -3.69. The molecule has 2 saturated heterocycles. The van der Waals surface area contributed by atoms with Gasteiger partial charge in [0.25, 0.3) is 0 Å². The standard InChI is InChI=1S/C29H33N5O4/c1-20-15-28(38-19-21-5-3-2-4-6-21)31-34(20)23-9-12-32(13-10-23)18-27-30-25-8-7-22(29(35)36)16-26(25)33(27)17-24-11-14-37-24/h2-8,15-16,23-24H,9-14,17-19H2,1H3,(H,35,36). The summed E-state index contributed by atoms with van der Waals surface area (Å²) in [5.74, 6) is 0.704. The monoisotopic (exact) mass is 515 g/mol. The van der Waals surface area contributed by atoms with Crippen LogP contribution in [-0.4, -0.2) is 61.1 Å². The van der Waals surface area contributed by atoms with Gasteiger partial charge in [-0.05, 0) is 49.9 Å². The van der Waals surface area contributed by atoms with E-state index < -0.39 is 5.97 Å².